The zero-order valence-corrected chi connectivity index (χ0v) is 16.3. The van der Waals surface area contributed by atoms with Crippen molar-refractivity contribution in [2.75, 3.05) is 38.8 Å². The minimum atomic E-state index is 0.0211. The van der Waals surface area contributed by atoms with Gasteiger partial charge in [-0.15, -0.1) is 0 Å². The molecule has 1 fully saturated rings. The highest BCUT2D eigenvalue weighted by Gasteiger charge is 2.24. The first-order valence-electron chi connectivity index (χ1n) is 9.39. The maximum atomic E-state index is 12.4. The molecule has 0 spiro atoms. The Kier molecular flexibility index (Phi) is 6.22. The van der Waals surface area contributed by atoms with E-state index >= 15 is 0 Å². The van der Waals surface area contributed by atoms with Crippen LogP contribution in [0.4, 0.5) is 5.69 Å². The van der Waals surface area contributed by atoms with Crippen molar-refractivity contribution in [2.45, 2.75) is 19.8 Å². The molecule has 0 aliphatic carbocycles. The third-order valence-corrected chi connectivity index (χ3v) is 5.18. The van der Waals surface area contributed by atoms with Gasteiger partial charge in [0.15, 0.2) is 0 Å². The van der Waals surface area contributed by atoms with E-state index in [1.54, 1.807) is 20.3 Å². The Balaban J connectivity index is 1.51. The summed E-state index contributed by atoms with van der Waals surface area (Å²) < 4.78 is 10.6. The van der Waals surface area contributed by atoms with Crippen LogP contribution in [0.25, 0.3) is 0 Å². The molecule has 1 saturated heterocycles. The van der Waals surface area contributed by atoms with E-state index in [1.165, 1.54) is 11.3 Å². The number of carbonyl (C=O) groups is 1. The van der Waals surface area contributed by atoms with Gasteiger partial charge in [-0.25, -0.2) is 0 Å². The van der Waals surface area contributed by atoms with Crippen LogP contribution in [0, 0.1) is 12.8 Å². The van der Waals surface area contributed by atoms with Crippen LogP contribution in [0.3, 0.4) is 0 Å². The second kappa shape index (κ2) is 8.80. The van der Waals surface area contributed by atoms with Crippen molar-refractivity contribution in [2.24, 2.45) is 5.92 Å². The number of ether oxygens (including phenoxy) is 2. The van der Waals surface area contributed by atoms with E-state index in [0.717, 1.165) is 30.8 Å². The fourth-order valence-corrected chi connectivity index (χ4v) is 3.63. The predicted octanol–water partition coefficient (Wildman–Crippen LogP) is 3.20. The number of amides is 1. The van der Waals surface area contributed by atoms with E-state index in [1.807, 2.05) is 12.1 Å². The van der Waals surface area contributed by atoms with Gasteiger partial charge >= 0.3 is 0 Å². The van der Waals surface area contributed by atoms with Gasteiger partial charge in [-0.2, -0.15) is 0 Å². The number of anilines is 1. The standard InChI is InChI=1S/C22H28N2O3/c1-16-6-4-5-7-20(16)24-11-10-17(15-24)14-23-22(25)12-18-8-9-19(26-2)13-21(18)27-3/h4-9,13,17H,10-12,14-15H2,1-3H3,(H,23,25)/t17-/m1/s1. The van der Waals surface area contributed by atoms with Crippen molar-refractivity contribution in [1.29, 1.82) is 0 Å². The van der Waals surface area contributed by atoms with Gasteiger partial charge in [0.2, 0.25) is 5.91 Å². The summed E-state index contributed by atoms with van der Waals surface area (Å²) in [4.78, 5) is 14.8. The lowest BCUT2D eigenvalue weighted by atomic mass is 10.1. The summed E-state index contributed by atoms with van der Waals surface area (Å²) >= 11 is 0. The highest BCUT2D eigenvalue weighted by Crippen LogP contribution is 2.27. The first kappa shape index (κ1) is 19.1. The van der Waals surface area contributed by atoms with Crippen molar-refractivity contribution < 1.29 is 14.3 Å². The van der Waals surface area contributed by atoms with Crippen molar-refractivity contribution in [3.8, 4) is 11.5 Å². The van der Waals surface area contributed by atoms with Crippen LogP contribution in [0.5, 0.6) is 11.5 Å². The minimum absolute atomic E-state index is 0.0211. The fourth-order valence-electron chi connectivity index (χ4n) is 3.63. The van der Waals surface area contributed by atoms with Crippen molar-refractivity contribution >= 4 is 11.6 Å². The number of nitrogens with one attached hydrogen (secondary N) is 1. The summed E-state index contributed by atoms with van der Waals surface area (Å²) in [5.74, 6) is 1.90. The average Bonchev–Trinajstić information content (AvgIpc) is 3.16. The Morgan fingerprint density at radius 2 is 2.00 bits per heavy atom. The topological polar surface area (TPSA) is 50.8 Å². The number of para-hydroxylation sites is 1. The molecule has 5 nitrogen and oxygen atoms in total. The van der Waals surface area contributed by atoms with Crippen molar-refractivity contribution in [3.05, 3.63) is 53.6 Å². The number of methoxy groups -OCH3 is 2. The lowest BCUT2D eigenvalue weighted by Crippen LogP contribution is -2.32. The Bertz CT molecular complexity index is 791. The molecule has 27 heavy (non-hydrogen) atoms. The number of aryl methyl sites for hydroxylation is 1. The van der Waals surface area contributed by atoms with E-state index in [-0.39, 0.29) is 5.91 Å². The highest BCUT2D eigenvalue weighted by atomic mass is 16.5. The summed E-state index contributed by atoms with van der Waals surface area (Å²) in [5.41, 5.74) is 3.46. The Morgan fingerprint density at radius 3 is 2.74 bits per heavy atom. The largest absolute Gasteiger partial charge is 0.497 e. The molecular formula is C22H28N2O3. The molecule has 2 aromatic rings. The minimum Gasteiger partial charge on any atom is -0.497 e. The number of hydrogen-bond acceptors (Lipinski definition) is 4. The van der Waals surface area contributed by atoms with Gasteiger partial charge in [-0.05, 0) is 37.0 Å². The molecule has 1 N–H and O–H groups in total. The van der Waals surface area contributed by atoms with Crippen LogP contribution in [0.2, 0.25) is 0 Å². The lowest BCUT2D eigenvalue weighted by Gasteiger charge is -2.21. The molecule has 0 saturated carbocycles. The smallest absolute Gasteiger partial charge is 0.224 e. The van der Waals surface area contributed by atoms with Crippen LogP contribution >= 0.6 is 0 Å². The second-order valence-electron chi connectivity index (χ2n) is 7.05. The molecule has 144 valence electrons. The van der Waals surface area contributed by atoms with Gasteiger partial charge in [0.05, 0.1) is 20.6 Å². The maximum absolute atomic E-state index is 12.4. The summed E-state index contributed by atoms with van der Waals surface area (Å²) in [5, 5.41) is 3.09. The van der Waals surface area contributed by atoms with Gasteiger partial charge in [-0.3, -0.25) is 4.79 Å². The van der Waals surface area contributed by atoms with Crippen LogP contribution in [-0.2, 0) is 11.2 Å². The first-order chi connectivity index (χ1) is 13.1. The van der Waals surface area contributed by atoms with Crippen LogP contribution in [0.1, 0.15) is 17.5 Å². The zero-order valence-electron chi connectivity index (χ0n) is 16.3. The summed E-state index contributed by atoms with van der Waals surface area (Å²) in [6.45, 7) is 4.88. The predicted molar refractivity (Wildman–Crippen MR) is 108 cm³/mol. The molecule has 0 bridgehead atoms. The number of rotatable bonds is 7. The van der Waals surface area contributed by atoms with Crippen molar-refractivity contribution in [3.63, 3.8) is 0 Å². The normalized spacial score (nSPS) is 16.3. The first-order valence-corrected chi connectivity index (χ1v) is 9.39. The Morgan fingerprint density at radius 1 is 1.19 bits per heavy atom. The fraction of sp³-hybridized carbons (Fsp3) is 0.409. The van der Waals surface area contributed by atoms with E-state index in [9.17, 15) is 4.79 Å². The monoisotopic (exact) mass is 368 g/mol. The molecule has 3 rings (SSSR count). The summed E-state index contributed by atoms with van der Waals surface area (Å²) in [7, 11) is 3.22. The number of hydrogen-bond donors (Lipinski definition) is 1. The van der Waals surface area contributed by atoms with Crippen LogP contribution in [-0.4, -0.2) is 39.8 Å². The SMILES string of the molecule is COc1ccc(CC(=O)NC[C@H]2CCN(c3ccccc3C)C2)c(OC)c1. The van der Waals surface area contributed by atoms with E-state index in [4.69, 9.17) is 9.47 Å². The summed E-state index contributed by atoms with van der Waals surface area (Å²) in [6.07, 6.45) is 1.40. The van der Waals surface area contributed by atoms with Gasteiger partial charge in [0.25, 0.3) is 0 Å². The van der Waals surface area contributed by atoms with E-state index in [0.29, 0.717) is 24.6 Å². The molecule has 1 aliphatic heterocycles. The number of carbonyl (C=O) groups excluding carboxylic acids is 1. The third-order valence-electron chi connectivity index (χ3n) is 5.18. The number of benzene rings is 2. The molecule has 1 atom stereocenters. The van der Waals surface area contributed by atoms with E-state index < -0.39 is 0 Å². The zero-order chi connectivity index (χ0) is 19.2. The van der Waals surface area contributed by atoms with Gasteiger partial charge in [0.1, 0.15) is 11.5 Å². The second-order valence-corrected chi connectivity index (χ2v) is 7.05. The molecule has 1 heterocycles. The van der Waals surface area contributed by atoms with Crippen molar-refractivity contribution in [1.82, 2.24) is 5.32 Å². The maximum Gasteiger partial charge on any atom is 0.224 e. The number of nitrogens with zero attached hydrogens (tertiary/aromatic N) is 1. The lowest BCUT2D eigenvalue weighted by molar-refractivity contribution is -0.120. The summed E-state index contributed by atoms with van der Waals surface area (Å²) in [6, 6.07) is 14.0. The Labute approximate surface area is 161 Å². The molecule has 1 amide bonds. The molecular weight excluding hydrogens is 340 g/mol. The highest BCUT2D eigenvalue weighted by molar-refractivity contribution is 5.79. The molecule has 0 radical (unpaired) electrons. The van der Waals surface area contributed by atoms with Gasteiger partial charge in [0, 0.05) is 37.0 Å². The van der Waals surface area contributed by atoms with E-state index in [2.05, 4.69) is 41.4 Å². The van der Waals surface area contributed by atoms with Gasteiger partial charge < -0.3 is 19.7 Å². The third kappa shape index (κ3) is 4.73. The molecule has 1 aliphatic rings. The Hall–Kier alpha value is -2.69. The molecule has 2 aromatic carbocycles. The molecule has 0 aromatic heterocycles. The van der Waals surface area contributed by atoms with Gasteiger partial charge in [-0.1, -0.05) is 24.3 Å². The molecule has 5 heteroatoms. The van der Waals surface area contributed by atoms with Crippen LogP contribution < -0.4 is 19.7 Å². The quantitative estimate of drug-likeness (QED) is 0.815. The average molecular weight is 368 g/mol. The molecule has 0 unspecified atom stereocenters. The van der Waals surface area contributed by atoms with Crippen LogP contribution in [0.15, 0.2) is 42.5 Å².